The molecule has 0 fully saturated rings. The van der Waals surface area contributed by atoms with Crippen LogP contribution in [-0.4, -0.2) is 27.2 Å². The van der Waals surface area contributed by atoms with Crippen LogP contribution in [0.25, 0.3) is 11.4 Å². The van der Waals surface area contributed by atoms with Crippen LogP contribution in [0, 0.1) is 17.6 Å². The van der Waals surface area contributed by atoms with Crippen LogP contribution in [0.15, 0.2) is 24.3 Å². The highest BCUT2D eigenvalue weighted by Gasteiger charge is 2.10. The normalized spacial score (nSPS) is 11.0. The molecule has 2 aromatic rings. The molecule has 0 aliphatic heterocycles. The molecule has 0 bridgehead atoms. The van der Waals surface area contributed by atoms with Crippen LogP contribution in [0.3, 0.4) is 0 Å². The molecule has 2 N–H and O–H groups in total. The standard InChI is InChI=1S/C18H26N4OS/c1-13(2)5-4-11-19-16(23)10-12-22-17(20-21-18(22)24)15-8-6-14(3)7-9-15/h6-9,13H,4-5,10-12H2,1-3H3,(H,19,23)(H,21,24). The lowest BCUT2D eigenvalue weighted by atomic mass is 10.1. The van der Waals surface area contributed by atoms with E-state index in [0.29, 0.717) is 23.7 Å². The van der Waals surface area contributed by atoms with Gasteiger partial charge in [0.15, 0.2) is 10.6 Å². The van der Waals surface area contributed by atoms with Gasteiger partial charge >= 0.3 is 0 Å². The van der Waals surface area contributed by atoms with E-state index < -0.39 is 0 Å². The fraction of sp³-hybridized carbons (Fsp3) is 0.500. The van der Waals surface area contributed by atoms with Gasteiger partial charge < -0.3 is 5.32 Å². The number of nitrogens with one attached hydrogen (secondary N) is 2. The van der Waals surface area contributed by atoms with Gasteiger partial charge in [-0.2, -0.15) is 5.10 Å². The summed E-state index contributed by atoms with van der Waals surface area (Å²) in [6.07, 6.45) is 2.54. The van der Waals surface area contributed by atoms with Crippen LogP contribution in [-0.2, 0) is 11.3 Å². The summed E-state index contributed by atoms with van der Waals surface area (Å²) in [5.41, 5.74) is 2.19. The van der Waals surface area contributed by atoms with Crippen molar-refractivity contribution >= 4 is 18.1 Å². The molecule has 0 spiro atoms. The Morgan fingerprint density at radius 1 is 1.33 bits per heavy atom. The zero-order valence-electron chi connectivity index (χ0n) is 14.6. The number of hydrogen-bond acceptors (Lipinski definition) is 3. The number of benzene rings is 1. The molecule has 130 valence electrons. The van der Waals surface area contributed by atoms with Gasteiger partial charge in [0.2, 0.25) is 5.91 Å². The first kappa shape index (κ1) is 18.4. The van der Waals surface area contributed by atoms with Gasteiger partial charge in [-0.1, -0.05) is 43.7 Å². The molecule has 0 saturated carbocycles. The third-order valence-corrected chi connectivity index (χ3v) is 4.22. The minimum atomic E-state index is 0.0525. The van der Waals surface area contributed by atoms with Gasteiger partial charge in [-0.05, 0) is 37.9 Å². The molecule has 1 aromatic carbocycles. The second-order valence-corrected chi connectivity index (χ2v) is 6.89. The lowest BCUT2D eigenvalue weighted by Gasteiger charge is -2.09. The summed E-state index contributed by atoms with van der Waals surface area (Å²) in [6.45, 7) is 7.68. The fourth-order valence-electron chi connectivity index (χ4n) is 2.49. The fourth-order valence-corrected chi connectivity index (χ4v) is 2.71. The third-order valence-electron chi connectivity index (χ3n) is 3.91. The van der Waals surface area contributed by atoms with E-state index in [9.17, 15) is 4.79 Å². The van der Waals surface area contributed by atoms with E-state index in [-0.39, 0.29) is 5.91 Å². The number of aromatic amines is 1. The Balaban J connectivity index is 1.93. The second kappa shape index (κ2) is 8.78. The molecular weight excluding hydrogens is 320 g/mol. The van der Waals surface area contributed by atoms with E-state index in [1.54, 1.807) is 0 Å². The zero-order chi connectivity index (χ0) is 17.5. The summed E-state index contributed by atoms with van der Waals surface area (Å²) in [5, 5.41) is 10.1. The molecule has 0 unspecified atom stereocenters. The Morgan fingerprint density at radius 2 is 2.04 bits per heavy atom. The summed E-state index contributed by atoms with van der Waals surface area (Å²) in [6, 6.07) is 8.11. The number of aryl methyl sites for hydroxylation is 1. The van der Waals surface area contributed by atoms with Gasteiger partial charge in [0, 0.05) is 25.1 Å². The van der Waals surface area contributed by atoms with Crippen molar-refractivity contribution in [2.75, 3.05) is 6.54 Å². The monoisotopic (exact) mass is 346 g/mol. The lowest BCUT2D eigenvalue weighted by molar-refractivity contribution is -0.121. The highest BCUT2D eigenvalue weighted by atomic mass is 32.1. The van der Waals surface area contributed by atoms with Crippen molar-refractivity contribution in [1.82, 2.24) is 20.1 Å². The maximum Gasteiger partial charge on any atom is 0.221 e. The second-order valence-electron chi connectivity index (χ2n) is 6.51. The summed E-state index contributed by atoms with van der Waals surface area (Å²) < 4.78 is 2.42. The van der Waals surface area contributed by atoms with Crippen LogP contribution in [0.2, 0.25) is 0 Å². The zero-order valence-corrected chi connectivity index (χ0v) is 15.4. The maximum absolute atomic E-state index is 12.0. The lowest BCUT2D eigenvalue weighted by Crippen LogP contribution is -2.25. The summed E-state index contributed by atoms with van der Waals surface area (Å²) in [7, 11) is 0. The van der Waals surface area contributed by atoms with E-state index in [2.05, 4.69) is 29.4 Å². The molecule has 1 heterocycles. The topological polar surface area (TPSA) is 62.7 Å². The van der Waals surface area contributed by atoms with Crippen LogP contribution in [0.1, 0.15) is 38.7 Å². The van der Waals surface area contributed by atoms with Gasteiger partial charge in [0.1, 0.15) is 0 Å². The Morgan fingerprint density at radius 3 is 2.71 bits per heavy atom. The molecule has 1 amide bonds. The molecule has 6 heteroatoms. The van der Waals surface area contributed by atoms with Crippen molar-refractivity contribution in [3.05, 3.63) is 34.6 Å². The molecule has 5 nitrogen and oxygen atoms in total. The van der Waals surface area contributed by atoms with Gasteiger partial charge in [-0.15, -0.1) is 0 Å². The van der Waals surface area contributed by atoms with Gasteiger partial charge in [-0.25, -0.2) is 0 Å². The average molecular weight is 347 g/mol. The Hall–Kier alpha value is -1.95. The highest BCUT2D eigenvalue weighted by Crippen LogP contribution is 2.18. The van der Waals surface area contributed by atoms with E-state index in [4.69, 9.17) is 12.2 Å². The van der Waals surface area contributed by atoms with Crippen molar-refractivity contribution in [3.63, 3.8) is 0 Å². The number of carbonyl (C=O) groups is 1. The number of hydrogen-bond donors (Lipinski definition) is 2. The number of amides is 1. The molecule has 1 aromatic heterocycles. The van der Waals surface area contributed by atoms with Gasteiger partial charge in [0.05, 0.1) is 0 Å². The van der Waals surface area contributed by atoms with Gasteiger partial charge in [-0.3, -0.25) is 14.5 Å². The first-order valence-electron chi connectivity index (χ1n) is 8.46. The molecule has 0 aliphatic carbocycles. The van der Waals surface area contributed by atoms with Crippen LogP contribution in [0.4, 0.5) is 0 Å². The number of aromatic nitrogens is 3. The summed E-state index contributed by atoms with van der Waals surface area (Å²) in [4.78, 5) is 12.0. The SMILES string of the molecule is Cc1ccc(-c2n[nH]c(=S)n2CCC(=O)NCCCC(C)C)cc1. The Kier molecular flexibility index (Phi) is 6.73. The molecule has 0 aliphatic rings. The predicted octanol–water partition coefficient (Wildman–Crippen LogP) is 3.86. The number of H-pyrrole nitrogens is 1. The summed E-state index contributed by atoms with van der Waals surface area (Å²) >= 11 is 5.30. The van der Waals surface area contributed by atoms with Crippen molar-refractivity contribution in [3.8, 4) is 11.4 Å². The van der Waals surface area contributed by atoms with Crippen LogP contribution in [0.5, 0.6) is 0 Å². The van der Waals surface area contributed by atoms with Crippen molar-refractivity contribution in [2.24, 2.45) is 5.92 Å². The molecule has 0 atom stereocenters. The van der Waals surface area contributed by atoms with Crippen LogP contribution >= 0.6 is 12.2 Å². The first-order chi connectivity index (χ1) is 11.5. The number of nitrogens with zero attached hydrogens (tertiary/aromatic N) is 2. The quantitative estimate of drug-likeness (QED) is 0.563. The van der Waals surface area contributed by atoms with Crippen molar-refractivity contribution in [1.29, 1.82) is 0 Å². The smallest absolute Gasteiger partial charge is 0.221 e. The molecule has 24 heavy (non-hydrogen) atoms. The third kappa shape index (κ3) is 5.30. The summed E-state index contributed by atoms with van der Waals surface area (Å²) in [5.74, 6) is 1.49. The van der Waals surface area contributed by atoms with Crippen LogP contribution < -0.4 is 5.32 Å². The highest BCUT2D eigenvalue weighted by molar-refractivity contribution is 7.71. The number of rotatable bonds is 8. The first-order valence-corrected chi connectivity index (χ1v) is 8.87. The molecule has 0 radical (unpaired) electrons. The minimum Gasteiger partial charge on any atom is -0.356 e. The predicted molar refractivity (Wildman–Crippen MR) is 99.3 cm³/mol. The largest absolute Gasteiger partial charge is 0.356 e. The molecule has 2 rings (SSSR count). The van der Waals surface area contributed by atoms with E-state index in [1.165, 1.54) is 5.56 Å². The van der Waals surface area contributed by atoms with E-state index in [1.807, 2.05) is 35.8 Å². The van der Waals surface area contributed by atoms with Crippen molar-refractivity contribution in [2.45, 2.75) is 46.6 Å². The molecule has 0 saturated heterocycles. The average Bonchev–Trinajstić information content (AvgIpc) is 2.91. The molecular formula is C18H26N4OS. The van der Waals surface area contributed by atoms with E-state index in [0.717, 1.165) is 30.8 Å². The number of carbonyl (C=O) groups excluding carboxylic acids is 1. The van der Waals surface area contributed by atoms with Crippen molar-refractivity contribution < 1.29 is 4.79 Å². The minimum absolute atomic E-state index is 0.0525. The Bertz CT molecular complexity index is 715. The van der Waals surface area contributed by atoms with E-state index >= 15 is 0 Å². The Labute approximate surface area is 148 Å². The maximum atomic E-state index is 12.0. The van der Waals surface area contributed by atoms with Gasteiger partial charge in [0.25, 0.3) is 0 Å².